The minimum absolute atomic E-state index is 0.353. The van der Waals surface area contributed by atoms with Crippen LogP contribution < -0.4 is 5.32 Å². The number of nitrogens with one attached hydrogen (secondary N) is 1. The summed E-state index contributed by atoms with van der Waals surface area (Å²) in [5.74, 6) is 1.88. The van der Waals surface area contributed by atoms with E-state index in [4.69, 9.17) is 9.97 Å². The summed E-state index contributed by atoms with van der Waals surface area (Å²) < 4.78 is 0.981. The summed E-state index contributed by atoms with van der Waals surface area (Å²) in [6, 6.07) is 0.353. The highest BCUT2D eigenvalue weighted by molar-refractivity contribution is 9.10. The lowest BCUT2D eigenvalue weighted by Crippen LogP contribution is -2.57. The molecule has 0 spiro atoms. The number of halogens is 1. The lowest BCUT2D eigenvalue weighted by Gasteiger charge is -2.46. The van der Waals surface area contributed by atoms with E-state index < -0.39 is 0 Å². The number of piperazine rings is 3. The zero-order chi connectivity index (χ0) is 13.4. The molecule has 0 radical (unpaired) electrons. The van der Waals surface area contributed by atoms with Crippen molar-refractivity contribution in [2.45, 2.75) is 19.9 Å². The Bertz CT molecular complexity index is 470. The summed E-state index contributed by atoms with van der Waals surface area (Å²) in [5, 5.41) is 3.31. The Morgan fingerprint density at radius 1 is 1.26 bits per heavy atom. The second-order valence-electron chi connectivity index (χ2n) is 5.21. The van der Waals surface area contributed by atoms with Crippen molar-refractivity contribution < 1.29 is 0 Å². The maximum atomic E-state index is 4.73. The van der Waals surface area contributed by atoms with Crippen LogP contribution in [0.15, 0.2) is 4.47 Å². The zero-order valence-electron chi connectivity index (χ0n) is 11.5. The number of aryl methyl sites for hydroxylation is 1. The van der Waals surface area contributed by atoms with Crippen LogP contribution in [-0.4, -0.2) is 59.0 Å². The average molecular weight is 326 g/mol. The van der Waals surface area contributed by atoms with Crippen LogP contribution >= 0.6 is 15.9 Å². The van der Waals surface area contributed by atoms with Crippen LogP contribution in [0.2, 0.25) is 0 Å². The van der Waals surface area contributed by atoms with Crippen molar-refractivity contribution in [1.29, 1.82) is 0 Å². The van der Waals surface area contributed by atoms with E-state index in [0.717, 1.165) is 48.0 Å². The molecular formula is C13H20BrN5. The summed E-state index contributed by atoms with van der Waals surface area (Å²) >= 11 is 3.57. The average Bonchev–Trinajstić information content (AvgIpc) is 2.45. The fourth-order valence-corrected chi connectivity index (χ4v) is 3.19. The van der Waals surface area contributed by atoms with E-state index in [2.05, 4.69) is 38.0 Å². The zero-order valence-corrected chi connectivity index (χ0v) is 13.1. The van der Waals surface area contributed by atoms with Crippen LogP contribution in [0.1, 0.15) is 24.5 Å². The molecule has 1 N–H and O–H groups in total. The molecule has 2 bridgehead atoms. The molecule has 0 aromatic carbocycles. The predicted octanol–water partition coefficient (Wildman–Crippen LogP) is 1.65. The predicted molar refractivity (Wildman–Crippen MR) is 79.4 cm³/mol. The van der Waals surface area contributed by atoms with Crippen molar-refractivity contribution in [2.75, 3.05) is 44.6 Å². The molecule has 1 aromatic rings. The van der Waals surface area contributed by atoms with E-state index in [1.54, 1.807) is 0 Å². The Morgan fingerprint density at radius 3 is 2.58 bits per heavy atom. The van der Waals surface area contributed by atoms with Crippen molar-refractivity contribution in [1.82, 2.24) is 19.8 Å². The molecule has 19 heavy (non-hydrogen) atoms. The van der Waals surface area contributed by atoms with Gasteiger partial charge in [0.25, 0.3) is 0 Å². The normalized spacial score (nSPS) is 29.5. The van der Waals surface area contributed by atoms with Gasteiger partial charge in [-0.25, -0.2) is 9.97 Å². The molecule has 5 nitrogen and oxygen atoms in total. The Labute approximate surface area is 122 Å². The van der Waals surface area contributed by atoms with Gasteiger partial charge in [-0.1, -0.05) is 0 Å². The van der Waals surface area contributed by atoms with E-state index in [9.17, 15) is 0 Å². The number of anilines is 1. The standard InChI is InChI=1S/C13H20BrN5/c1-3-15-13-11(14)9(2)16-12(17-13)10-8-18-4-6-19(10)7-5-18/h10H,3-8H2,1-2H3,(H,15,16,17). The fourth-order valence-electron chi connectivity index (χ4n) is 2.88. The van der Waals surface area contributed by atoms with E-state index in [1.807, 2.05) is 6.92 Å². The topological polar surface area (TPSA) is 44.3 Å². The first kappa shape index (κ1) is 13.3. The monoisotopic (exact) mass is 325 g/mol. The maximum absolute atomic E-state index is 4.73. The Hall–Kier alpha value is -0.720. The Morgan fingerprint density at radius 2 is 2.00 bits per heavy atom. The molecule has 3 aliphatic heterocycles. The smallest absolute Gasteiger partial charge is 0.149 e. The quantitative estimate of drug-likeness (QED) is 0.915. The first-order valence-corrected chi connectivity index (χ1v) is 7.72. The minimum Gasteiger partial charge on any atom is -0.369 e. The third-order valence-corrected chi connectivity index (χ3v) is 4.90. The Kier molecular flexibility index (Phi) is 3.73. The van der Waals surface area contributed by atoms with Gasteiger partial charge in [0.15, 0.2) is 0 Å². The maximum Gasteiger partial charge on any atom is 0.149 e. The summed E-state index contributed by atoms with van der Waals surface area (Å²) in [6.45, 7) is 10.7. The lowest BCUT2D eigenvalue weighted by atomic mass is 10.1. The van der Waals surface area contributed by atoms with Crippen LogP contribution in [0, 0.1) is 6.92 Å². The number of nitrogens with zero attached hydrogens (tertiary/aromatic N) is 4. The molecule has 0 aliphatic carbocycles. The second-order valence-corrected chi connectivity index (χ2v) is 6.01. The van der Waals surface area contributed by atoms with Crippen molar-refractivity contribution in [3.63, 3.8) is 0 Å². The molecule has 4 heterocycles. The van der Waals surface area contributed by atoms with Crippen LogP contribution in [0.3, 0.4) is 0 Å². The molecule has 4 rings (SSSR count). The highest BCUT2D eigenvalue weighted by atomic mass is 79.9. The Balaban J connectivity index is 1.92. The molecule has 3 fully saturated rings. The van der Waals surface area contributed by atoms with Crippen molar-refractivity contribution in [2.24, 2.45) is 0 Å². The molecule has 0 amide bonds. The first-order valence-electron chi connectivity index (χ1n) is 6.93. The van der Waals surface area contributed by atoms with Gasteiger partial charge in [0.05, 0.1) is 16.2 Å². The number of hydrogen-bond donors (Lipinski definition) is 1. The van der Waals surface area contributed by atoms with Gasteiger partial charge in [0, 0.05) is 39.3 Å². The summed E-state index contributed by atoms with van der Waals surface area (Å²) in [5.41, 5.74) is 1.01. The van der Waals surface area contributed by atoms with E-state index in [-0.39, 0.29) is 0 Å². The minimum atomic E-state index is 0.353. The van der Waals surface area contributed by atoms with Gasteiger partial charge in [-0.3, -0.25) is 9.80 Å². The number of rotatable bonds is 3. The molecule has 104 valence electrons. The van der Waals surface area contributed by atoms with Gasteiger partial charge in [0.2, 0.25) is 0 Å². The van der Waals surface area contributed by atoms with Crippen LogP contribution in [0.5, 0.6) is 0 Å². The number of fused-ring (bicyclic) bond motifs is 3. The third-order valence-electron chi connectivity index (χ3n) is 3.96. The third kappa shape index (κ3) is 2.49. The number of hydrogen-bond acceptors (Lipinski definition) is 5. The van der Waals surface area contributed by atoms with Gasteiger partial charge in [-0.05, 0) is 29.8 Å². The molecule has 3 aliphatic rings. The first-order chi connectivity index (χ1) is 9.19. The molecule has 6 heteroatoms. The van der Waals surface area contributed by atoms with Crippen LogP contribution in [-0.2, 0) is 0 Å². The number of aromatic nitrogens is 2. The van der Waals surface area contributed by atoms with Gasteiger partial charge in [-0.15, -0.1) is 0 Å². The molecule has 0 saturated carbocycles. The van der Waals surface area contributed by atoms with Crippen LogP contribution in [0.25, 0.3) is 0 Å². The van der Waals surface area contributed by atoms with E-state index in [1.165, 1.54) is 13.1 Å². The largest absolute Gasteiger partial charge is 0.369 e. The van der Waals surface area contributed by atoms with Gasteiger partial charge in [0.1, 0.15) is 11.6 Å². The summed E-state index contributed by atoms with van der Waals surface area (Å²) in [6.07, 6.45) is 0. The summed E-state index contributed by atoms with van der Waals surface area (Å²) in [7, 11) is 0. The molecular weight excluding hydrogens is 306 g/mol. The highest BCUT2D eigenvalue weighted by Gasteiger charge is 2.34. The SMILES string of the molecule is CCNc1nc(C2CN3CCN2CC3)nc(C)c1Br. The molecule has 1 atom stereocenters. The summed E-state index contributed by atoms with van der Waals surface area (Å²) in [4.78, 5) is 14.4. The lowest BCUT2D eigenvalue weighted by molar-refractivity contribution is 0.00863. The molecule has 1 unspecified atom stereocenters. The molecule has 3 saturated heterocycles. The fraction of sp³-hybridized carbons (Fsp3) is 0.692. The van der Waals surface area contributed by atoms with Crippen molar-refractivity contribution in [3.8, 4) is 0 Å². The highest BCUT2D eigenvalue weighted by Crippen LogP contribution is 2.30. The van der Waals surface area contributed by atoms with Gasteiger partial charge in [-0.2, -0.15) is 0 Å². The second kappa shape index (κ2) is 5.34. The van der Waals surface area contributed by atoms with Crippen molar-refractivity contribution in [3.05, 3.63) is 16.0 Å². The van der Waals surface area contributed by atoms with E-state index in [0.29, 0.717) is 6.04 Å². The van der Waals surface area contributed by atoms with Gasteiger partial charge >= 0.3 is 0 Å². The van der Waals surface area contributed by atoms with Crippen LogP contribution in [0.4, 0.5) is 5.82 Å². The van der Waals surface area contributed by atoms with Gasteiger partial charge < -0.3 is 5.32 Å². The molecule has 1 aromatic heterocycles. The van der Waals surface area contributed by atoms with E-state index >= 15 is 0 Å². The van der Waals surface area contributed by atoms with Crippen molar-refractivity contribution >= 4 is 21.7 Å².